The van der Waals surface area contributed by atoms with Crippen LogP contribution in [0.1, 0.15) is 30.5 Å². The Kier molecular flexibility index (Phi) is 8.84. The van der Waals surface area contributed by atoms with Gasteiger partial charge in [0.2, 0.25) is 5.91 Å². The lowest BCUT2D eigenvalue weighted by atomic mass is 10.0. The van der Waals surface area contributed by atoms with Gasteiger partial charge in [-0.25, -0.2) is 4.39 Å². The molecule has 0 unspecified atom stereocenters. The molecule has 3 rings (SSSR count). The minimum absolute atomic E-state index is 0.101. The molecule has 0 heterocycles. The van der Waals surface area contributed by atoms with Crippen molar-refractivity contribution in [1.82, 2.24) is 10.2 Å². The highest BCUT2D eigenvalue weighted by atomic mass is 35.5. The molecule has 3 aromatic rings. The summed E-state index contributed by atoms with van der Waals surface area (Å²) in [5, 5.41) is 3.27. The van der Waals surface area contributed by atoms with E-state index in [1.807, 2.05) is 25.1 Å². The number of hydrogen-bond acceptors (Lipinski definition) is 3. The van der Waals surface area contributed by atoms with Crippen molar-refractivity contribution in [2.24, 2.45) is 0 Å². The van der Waals surface area contributed by atoms with E-state index >= 15 is 0 Å². The van der Waals surface area contributed by atoms with Gasteiger partial charge in [-0.05, 0) is 41.8 Å². The van der Waals surface area contributed by atoms with Crippen LogP contribution in [-0.4, -0.2) is 29.9 Å². The van der Waals surface area contributed by atoms with Crippen LogP contribution in [0.15, 0.2) is 78.9 Å². The molecule has 0 radical (unpaired) electrons. The third kappa shape index (κ3) is 6.80. The van der Waals surface area contributed by atoms with E-state index in [2.05, 4.69) is 5.32 Å². The number of ether oxygens (including phenoxy) is 1. The fourth-order valence-electron chi connectivity index (χ4n) is 3.35. The predicted octanol–water partition coefficient (Wildman–Crippen LogP) is 5.15. The van der Waals surface area contributed by atoms with Gasteiger partial charge in [0.15, 0.2) is 6.61 Å². The number of nitrogens with zero attached hydrogens (tertiary/aromatic N) is 1. The quantitative estimate of drug-likeness (QED) is 0.447. The Bertz CT molecular complexity index is 1060. The van der Waals surface area contributed by atoms with Crippen LogP contribution in [0.4, 0.5) is 4.39 Å². The summed E-state index contributed by atoms with van der Waals surface area (Å²) in [6.07, 6.45) is 0.759. The van der Waals surface area contributed by atoms with Crippen molar-refractivity contribution in [1.29, 1.82) is 0 Å². The highest BCUT2D eigenvalue weighted by Gasteiger charge is 2.31. The van der Waals surface area contributed by atoms with E-state index in [1.165, 1.54) is 17.0 Å². The monoisotopic (exact) mass is 468 g/mol. The van der Waals surface area contributed by atoms with Gasteiger partial charge in [-0.1, -0.05) is 73.1 Å². The van der Waals surface area contributed by atoms with Gasteiger partial charge in [-0.15, -0.1) is 0 Å². The van der Waals surface area contributed by atoms with E-state index in [1.54, 1.807) is 48.5 Å². The van der Waals surface area contributed by atoms with Gasteiger partial charge in [-0.3, -0.25) is 9.59 Å². The molecule has 1 N–H and O–H groups in total. The molecule has 0 bridgehead atoms. The third-order valence-electron chi connectivity index (χ3n) is 5.00. The Morgan fingerprint density at radius 2 is 1.67 bits per heavy atom. The Morgan fingerprint density at radius 3 is 2.33 bits per heavy atom. The molecule has 33 heavy (non-hydrogen) atoms. The summed E-state index contributed by atoms with van der Waals surface area (Å²) in [7, 11) is 0. The second-order valence-corrected chi connectivity index (χ2v) is 7.88. The smallest absolute Gasteiger partial charge is 0.261 e. The molecular weight excluding hydrogens is 443 g/mol. The van der Waals surface area contributed by atoms with Crippen molar-refractivity contribution < 1.29 is 18.7 Å². The van der Waals surface area contributed by atoms with Crippen LogP contribution in [0, 0.1) is 5.82 Å². The van der Waals surface area contributed by atoms with Crippen molar-refractivity contribution in [3.8, 4) is 5.75 Å². The van der Waals surface area contributed by atoms with Crippen LogP contribution in [-0.2, 0) is 16.1 Å². The van der Waals surface area contributed by atoms with Crippen molar-refractivity contribution in [3.05, 3.63) is 101 Å². The fourth-order valence-corrected chi connectivity index (χ4v) is 3.54. The van der Waals surface area contributed by atoms with Gasteiger partial charge in [0.05, 0.1) is 5.02 Å². The van der Waals surface area contributed by atoms with Crippen LogP contribution >= 0.6 is 11.6 Å². The number of carbonyl (C=O) groups excluding carboxylic acids is 2. The molecule has 0 spiro atoms. The number of rotatable bonds is 10. The molecule has 0 saturated heterocycles. The summed E-state index contributed by atoms with van der Waals surface area (Å²) in [5.41, 5.74) is 1.35. The van der Waals surface area contributed by atoms with E-state index in [-0.39, 0.29) is 24.9 Å². The van der Waals surface area contributed by atoms with Gasteiger partial charge in [0.25, 0.3) is 5.91 Å². The number of carbonyl (C=O) groups is 2. The number of halogens is 2. The molecule has 7 heteroatoms. The molecule has 2 amide bonds. The number of hydrogen-bond donors (Lipinski definition) is 1. The summed E-state index contributed by atoms with van der Waals surface area (Å²) in [6, 6.07) is 20.9. The highest BCUT2D eigenvalue weighted by Crippen LogP contribution is 2.26. The second kappa shape index (κ2) is 12.0. The molecule has 0 aliphatic rings. The van der Waals surface area contributed by atoms with Crippen LogP contribution in [0.3, 0.4) is 0 Å². The van der Waals surface area contributed by atoms with Crippen LogP contribution < -0.4 is 10.1 Å². The molecule has 172 valence electrons. The average molecular weight is 469 g/mol. The topological polar surface area (TPSA) is 58.6 Å². The highest BCUT2D eigenvalue weighted by molar-refractivity contribution is 6.32. The first kappa shape index (κ1) is 24.3. The van der Waals surface area contributed by atoms with Gasteiger partial charge >= 0.3 is 0 Å². The zero-order valence-corrected chi connectivity index (χ0v) is 19.1. The number of benzene rings is 3. The molecule has 5 nitrogen and oxygen atoms in total. The summed E-state index contributed by atoms with van der Waals surface area (Å²) in [5.74, 6) is -0.698. The minimum Gasteiger partial charge on any atom is -0.482 e. The van der Waals surface area contributed by atoms with Gasteiger partial charge in [0.1, 0.15) is 17.6 Å². The maximum Gasteiger partial charge on any atom is 0.261 e. The normalized spacial score (nSPS) is 11.5. The molecule has 0 aromatic heterocycles. The molecule has 1 atom stereocenters. The number of nitrogens with one attached hydrogen (secondary N) is 1. The minimum atomic E-state index is -0.884. The molecule has 0 saturated carbocycles. The van der Waals surface area contributed by atoms with Crippen molar-refractivity contribution >= 4 is 23.4 Å². The largest absolute Gasteiger partial charge is 0.482 e. The average Bonchev–Trinajstić information content (AvgIpc) is 2.83. The van der Waals surface area contributed by atoms with E-state index < -0.39 is 11.9 Å². The summed E-state index contributed by atoms with van der Waals surface area (Å²) >= 11 is 6.15. The Labute approximate surface area is 198 Å². The van der Waals surface area contributed by atoms with Crippen LogP contribution in [0.5, 0.6) is 5.75 Å². The first-order valence-electron chi connectivity index (χ1n) is 10.7. The fraction of sp³-hybridized carbons (Fsp3) is 0.231. The van der Waals surface area contributed by atoms with Gasteiger partial charge < -0.3 is 15.0 Å². The second-order valence-electron chi connectivity index (χ2n) is 7.47. The van der Waals surface area contributed by atoms with E-state index in [0.29, 0.717) is 28.4 Å². The predicted molar refractivity (Wildman–Crippen MR) is 126 cm³/mol. The van der Waals surface area contributed by atoms with Crippen LogP contribution in [0.2, 0.25) is 5.02 Å². The lowest BCUT2D eigenvalue weighted by Gasteiger charge is -2.31. The SMILES string of the molecule is CCCNC(=O)[C@@H](c1ccccc1)N(Cc1ccc(F)cc1)C(=O)COc1ccccc1Cl. The summed E-state index contributed by atoms with van der Waals surface area (Å²) < 4.78 is 19.1. The molecule has 0 fully saturated rings. The third-order valence-corrected chi connectivity index (χ3v) is 5.31. The van der Waals surface area contributed by atoms with Crippen molar-refractivity contribution in [3.63, 3.8) is 0 Å². The van der Waals surface area contributed by atoms with Gasteiger partial charge in [-0.2, -0.15) is 0 Å². The van der Waals surface area contributed by atoms with E-state index in [9.17, 15) is 14.0 Å². The first-order chi connectivity index (χ1) is 16.0. The Balaban J connectivity index is 1.93. The lowest BCUT2D eigenvalue weighted by Crippen LogP contribution is -2.45. The number of para-hydroxylation sites is 1. The zero-order chi connectivity index (χ0) is 23.6. The van der Waals surface area contributed by atoms with Crippen molar-refractivity contribution in [2.75, 3.05) is 13.2 Å². The maximum absolute atomic E-state index is 13.4. The Hall–Kier alpha value is -3.38. The number of amides is 2. The van der Waals surface area contributed by atoms with E-state index in [0.717, 1.165) is 6.42 Å². The summed E-state index contributed by atoms with van der Waals surface area (Å²) in [6.45, 7) is 2.23. The molecular formula is C26H26ClFN2O3. The first-order valence-corrected chi connectivity index (χ1v) is 11.1. The molecule has 0 aliphatic carbocycles. The molecule has 0 aliphatic heterocycles. The summed E-state index contributed by atoms with van der Waals surface area (Å²) in [4.78, 5) is 28.0. The standard InChI is InChI=1S/C26H26ClFN2O3/c1-2-16-29-26(32)25(20-8-4-3-5-9-20)30(17-19-12-14-21(28)15-13-19)24(31)18-33-23-11-7-6-10-22(23)27/h3-15,25H,2,16-18H2,1H3,(H,29,32)/t25-/m1/s1. The van der Waals surface area contributed by atoms with Gasteiger partial charge in [0, 0.05) is 13.1 Å². The zero-order valence-electron chi connectivity index (χ0n) is 18.3. The maximum atomic E-state index is 13.4. The lowest BCUT2D eigenvalue weighted by molar-refractivity contribution is -0.143. The molecule has 3 aromatic carbocycles. The van der Waals surface area contributed by atoms with Crippen LogP contribution in [0.25, 0.3) is 0 Å². The Morgan fingerprint density at radius 1 is 1.00 bits per heavy atom. The van der Waals surface area contributed by atoms with Crippen molar-refractivity contribution in [2.45, 2.75) is 25.9 Å². The van der Waals surface area contributed by atoms with E-state index in [4.69, 9.17) is 16.3 Å².